The first-order valence-corrected chi connectivity index (χ1v) is 9.10. The second kappa shape index (κ2) is 8.11. The number of aromatic nitrogens is 1. The summed E-state index contributed by atoms with van der Waals surface area (Å²) >= 11 is 5.93. The lowest BCUT2D eigenvalue weighted by molar-refractivity contribution is 0.0465. The van der Waals surface area contributed by atoms with E-state index in [1.165, 1.54) is 6.26 Å². The molecule has 1 heterocycles. The lowest BCUT2D eigenvalue weighted by atomic mass is 10.0. The SMILES string of the molecule is O=C(OCc1ccccc1)c1coc(-c2ccc(-c3ccc(Cl)cc3)cc2)n1. The van der Waals surface area contributed by atoms with Gasteiger partial charge in [0.05, 0.1) is 0 Å². The van der Waals surface area contributed by atoms with Gasteiger partial charge in [-0.3, -0.25) is 0 Å². The van der Waals surface area contributed by atoms with E-state index < -0.39 is 5.97 Å². The van der Waals surface area contributed by atoms with E-state index >= 15 is 0 Å². The molecule has 0 saturated heterocycles. The van der Waals surface area contributed by atoms with Gasteiger partial charge in [-0.2, -0.15) is 0 Å². The molecule has 0 fully saturated rings. The third-order valence-corrected chi connectivity index (χ3v) is 4.49. The normalized spacial score (nSPS) is 10.6. The van der Waals surface area contributed by atoms with Crippen LogP contribution in [0.15, 0.2) is 89.5 Å². The van der Waals surface area contributed by atoms with Crippen molar-refractivity contribution in [1.29, 1.82) is 0 Å². The second-order valence-electron chi connectivity index (χ2n) is 6.18. The van der Waals surface area contributed by atoms with Crippen LogP contribution in [0.3, 0.4) is 0 Å². The Morgan fingerprint density at radius 3 is 2.14 bits per heavy atom. The van der Waals surface area contributed by atoms with Crippen LogP contribution in [0.1, 0.15) is 16.1 Å². The highest BCUT2D eigenvalue weighted by atomic mass is 35.5. The number of esters is 1. The molecule has 0 amide bonds. The highest BCUT2D eigenvalue weighted by Crippen LogP contribution is 2.25. The van der Waals surface area contributed by atoms with Gasteiger partial charge in [0, 0.05) is 10.6 Å². The fourth-order valence-electron chi connectivity index (χ4n) is 2.74. The second-order valence-corrected chi connectivity index (χ2v) is 6.62. The predicted octanol–water partition coefficient (Wildman–Crippen LogP) is 6.02. The molecule has 4 nitrogen and oxygen atoms in total. The van der Waals surface area contributed by atoms with E-state index in [-0.39, 0.29) is 12.3 Å². The third kappa shape index (κ3) is 4.13. The average Bonchev–Trinajstić information content (AvgIpc) is 3.24. The quantitative estimate of drug-likeness (QED) is 0.392. The number of halogens is 1. The van der Waals surface area contributed by atoms with E-state index in [1.54, 1.807) is 0 Å². The fraction of sp³-hybridized carbons (Fsp3) is 0.0435. The molecule has 0 aliphatic heterocycles. The molecule has 0 unspecified atom stereocenters. The molecule has 1 aromatic heterocycles. The smallest absolute Gasteiger partial charge is 0.360 e. The number of rotatable bonds is 5. The first kappa shape index (κ1) is 18.0. The maximum atomic E-state index is 12.2. The van der Waals surface area contributed by atoms with Gasteiger partial charge in [-0.1, -0.05) is 66.2 Å². The maximum Gasteiger partial charge on any atom is 0.360 e. The molecule has 0 N–H and O–H groups in total. The Bertz CT molecular complexity index is 1070. The molecule has 138 valence electrons. The first-order valence-electron chi connectivity index (χ1n) is 8.72. The first-order chi connectivity index (χ1) is 13.7. The molecular formula is C23H16ClNO3. The minimum atomic E-state index is -0.517. The van der Waals surface area contributed by atoms with Crippen LogP contribution in [0.4, 0.5) is 0 Å². The largest absolute Gasteiger partial charge is 0.456 e. The van der Waals surface area contributed by atoms with Crippen LogP contribution in [0.25, 0.3) is 22.6 Å². The summed E-state index contributed by atoms with van der Waals surface area (Å²) in [6.45, 7) is 0.192. The number of carbonyl (C=O) groups excluding carboxylic acids is 1. The average molecular weight is 390 g/mol. The number of ether oxygens (including phenoxy) is 1. The Balaban J connectivity index is 1.45. The zero-order valence-electron chi connectivity index (χ0n) is 14.8. The van der Waals surface area contributed by atoms with Crippen molar-refractivity contribution >= 4 is 17.6 Å². The van der Waals surface area contributed by atoms with Crippen molar-refractivity contribution in [1.82, 2.24) is 4.98 Å². The van der Waals surface area contributed by atoms with Gasteiger partial charge in [-0.15, -0.1) is 0 Å². The molecule has 0 radical (unpaired) electrons. The van der Waals surface area contributed by atoms with Crippen LogP contribution < -0.4 is 0 Å². The van der Waals surface area contributed by atoms with Crippen molar-refractivity contribution in [3.05, 3.63) is 101 Å². The van der Waals surface area contributed by atoms with Crippen molar-refractivity contribution in [3.63, 3.8) is 0 Å². The summed E-state index contributed by atoms with van der Waals surface area (Å²) in [6.07, 6.45) is 1.32. The molecule has 0 aliphatic carbocycles. The highest BCUT2D eigenvalue weighted by molar-refractivity contribution is 6.30. The number of oxazole rings is 1. The van der Waals surface area contributed by atoms with Crippen LogP contribution >= 0.6 is 11.6 Å². The van der Waals surface area contributed by atoms with Crippen molar-refractivity contribution in [2.45, 2.75) is 6.61 Å². The van der Waals surface area contributed by atoms with E-state index in [4.69, 9.17) is 20.8 Å². The van der Waals surface area contributed by atoms with Gasteiger partial charge in [0.15, 0.2) is 5.69 Å². The van der Waals surface area contributed by atoms with Gasteiger partial charge in [-0.05, 0) is 41.0 Å². The molecule has 28 heavy (non-hydrogen) atoms. The van der Waals surface area contributed by atoms with Crippen LogP contribution in [0.5, 0.6) is 0 Å². The summed E-state index contributed by atoms with van der Waals surface area (Å²) in [4.78, 5) is 16.4. The lowest BCUT2D eigenvalue weighted by Crippen LogP contribution is -2.05. The van der Waals surface area contributed by atoms with E-state index in [2.05, 4.69) is 4.98 Å². The van der Waals surface area contributed by atoms with Crippen molar-refractivity contribution in [3.8, 4) is 22.6 Å². The fourth-order valence-corrected chi connectivity index (χ4v) is 2.87. The number of hydrogen-bond donors (Lipinski definition) is 0. The zero-order valence-corrected chi connectivity index (χ0v) is 15.6. The van der Waals surface area contributed by atoms with Crippen molar-refractivity contribution in [2.75, 3.05) is 0 Å². The lowest BCUT2D eigenvalue weighted by Gasteiger charge is -2.03. The van der Waals surface area contributed by atoms with Gasteiger partial charge in [0.25, 0.3) is 0 Å². The maximum absolute atomic E-state index is 12.2. The van der Waals surface area contributed by atoms with Gasteiger partial charge in [0.2, 0.25) is 5.89 Å². The van der Waals surface area contributed by atoms with E-state index in [1.807, 2.05) is 78.9 Å². The topological polar surface area (TPSA) is 52.3 Å². The molecule has 0 bridgehead atoms. The minimum absolute atomic E-state index is 0.146. The third-order valence-electron chi connectivity index (χ3n) is 4.24. The van der Waals surface area contributed by atoms with Gasteiger partial charge < -0.3 is 9.15 Å². The summed E-state index contributed by atoms with van der Waals surface area (Å²) in [5.41, 5.74) is 3.95. The molecule has 0 aliphatic rings. The number of carbonyl (C=O) groups is 1. The highest BCUT2D eigenvalue weighted by Gasteiger charge is 2.15. The van der Waals surface area contributed by atoms with Crippen LogP contribution in [0.2, 0.25) is 5.02 Å². The molecule has 0 atom stereocenters. The van der Waals surface area contributed by atoms with E-state index in [0.29, 0.717) is 10.9 Å². The molecule has 4 aromatic rings. The molecule has 3 aromatic carbocycles. The van der Waals surface area contributed by atoms with Gasteiger partial charge in [-0.25, -0.2) is 9.78 Å². The van der Waals surface area contributed by atoms with Crippen LogP contribution in [0, 0.1) is 0 Å². The monoisotopic (exact) mass is 389 g/mol. The molecule has 4 rings (SSSR count). The van der Waals surface area contributed by atoms with E-state index in [9.17, 15) is 4.79 Å². The summed E-state index contributed by atoms with van der Waals surface area (Å²) in [5, 5.41) is 0.701. The Labute approximate surface area is 167 Å². The molecule has 0 spiro atoms. The minimum Gasteiger partial charge on any atom is -0.456 e. The van der Waals surface area contributed by atoms with Gasteiger partial charge >= 0.3 is 5.97 Å². The Kier molecular flexibility index (Phi) is 5.22. The Morgan fingerprint density at radius 2 is 1.46 bits per heavy atom. The van der Waals surface area contributed by atoms with Crippen molar-refractivity contribution < 1.29 is 13.9 Å². The molecular weight excluding hydrogens is 374 g/mol. The summed E-state index contributed by atoms with van der Waals surface area (Å²) in [6, 6.07) is 24.8. The zero-order chi connectivity index (χ0) is 19.3. The predicted molar refractivity (Wildman–Crippen MR) is 108 cm³/mol. The number of hydrogen-bond acceptors (Lipinski definition) is 4. The number of benzene rings is 3. The van der Waals surface area contributed by atoms with Gasteiger partial charge in [0.1, 0.15) is 12.9 Å². The number of nitrogens with zero attached hydrogens (tertiary/aromatic N) is 1. The van der Waals surface area contributed by atoms with Crippen LogP contribution in [-0.4, -0.2) is 11.0 Å². The van der Waals surface area contributed by atoms with E-state index in [0.717, 1.165) is 22.3 Å². The Hall–Kier alpha value is -3.37. The van der Waals surface area contributed by atoms with Crippen molar-refractivity contribution in [2.24, 2.45) is 0 Å². The summed E-state index contributed by atoms with van der Waals surface area (Å²) < 4.78 is 10.7. The standard InChI is InChI=1S/C23H16ClNO3/c24-20-12-10-18(11-13-20)17-6-8-19(9-7-17)22-25-21(15-27-22)23(26)28-14-16-4-2-1-3-5-16/h1-13,15H,14H2. The molecule has 5 heteroatoms. The molecule has 0 saturated carbocycles. The summed E-state index contributed by atoms with van der Waals surface area (Å²) in [7, 11) is 0. The summed E-state index contributed by atoms with van der Waals surface area (Å²) in [5.74, 6) is -0.147. The Morgan fingerprint density at radius 1 is 0.857 bits per heavy atom. The van der Waals surface area contributed by atoms with Crippen LogP contribution in [-0.2, 0) is 11.3 Å².